The number of amides is 1. The quantitative estimate of drug-likeness (QED) is 0.841. The van der Waals surface area contributed by atoms with Crippen LogP contribution in [0.15, 0.2) is 30.3 Å². The van der Waals surface area contributed by atoms with Crippen molar-refractivity contribution in [2.75, 3.05) is 0 Å². The topological polar surface area (TPSA) is 55.4 Å². The summed E-state index contributed by atoms with van der Waals surface area (Å²) in [4.78, 5) is 23.5. The molecule has 1 rings (SSSR count). The molecule has 0 aliphatic heterocycles. The van der Waals surface area contributed by atoms with Crippen molar-refractivity contribution in [1.29, 1.82) is 0 Å². The Bertz CT molecular complexity index is 463. The van der Waals surface area contributed by atoms with E-state index >= 15 is 0 Å². The summed E-state index contributed by atoms with van der Waals surface area (Å²) in [5, 5.41) is 2.83. The number of aldehydes is 1. The largest absolute Gasteiger partial charge is 0.444 e. The molecular formula is C17H25NO3. The minimum absolute atomic E-state index is 0.114. The van der Waals surface area contributed by atoms with E-state index in [1.54, 1.807) is 0 Å². The molecule has 0 radical (unpaired) electrons. The fourth-order valence-electron chi connectivity index (χ4n) is 2.12. The Balaban J connectivity index is 2.98. The lowest BCUT2D eigenvalue weighted by Crippen LogP contribution is -2.39. The molecule has 1 aromatic carbocycles. The molecule has 0 saturated carbocycles. The Labute approximate surface area is 126 Å². The summed E-state index contributed by atoms with van der Waals surface area (Å²) in [6.07, 6.45) is 0.392. The normalized spacial score (nSPS) is 14.4. The second kappa shape index (κ2) is 7.25. The number of hydrogen-bond acceptors (Lipinski definition) is 3. The molecule has 1 N–H and O–H groups in total. The fraction of sp³-hybridized carbons (Fsp3) is 0.529. The van der Waals surface area contributed by atoms with Gasteiger partial charge in [-0.15, -0.1) is 0 Å². The van der Waals surface area contributed by atoms with Gasteiger partial charge in [0, 0.05) is 5.92 Å². The number of alkyl carbamates (subject to hydrolysis) is 1. The molecule has 0 saturated heterocycles. The van der Waals surface area contributed by atoms with Gasteiger partial charge in [-0.2, -0.15) is 0 Å². The molecule has 0 bridgehead atoms. The Hall–Kier alpha value is -1.84. The van der Waals surface area contributed by atoms with E-state index in [1.165, 1.54) is 0 Å². The van der Waals surface area contributed by atoms with Crippen molar-refractivity contribution in [3.8, 4) is 0 Å². The third kappa shape index (κ3) is 5.58. The molecule has 0 aromatic heterocycles. The van der Waals surface area contributed by atoms with E-state index in [1.807, 2.05) is 65.0 Å². The molecule has 116 valence electrons. The predicted octanol–water partition coefficient (Wildman–Crippen LogP) is 3.72. The van der Waals surface area contributed by atoms with Crippen molar-refractivity contribution in [3.63, 3.8) is 0 Å². The highest BCUT2D eigenvalue weighted by Gasteiger charge is 2.29. The molecule has 1 aromatic rings. The van der Waals surface area contributed by atoms with Crippen LogP contribution in [0, 0.1) is 11.8 Å². The number of rotatable bonds is 5. The number of benzene rings is 1. The summed E-state index contributed by atoms with van der Waals surface area (Å²) < 4.78 is 5.30. The van der Waals surface area contributed by atoms with E-state index in [-0.39, 0.29) is 11.8 Å². The first-order chi connectivity index (χ1) is 9.74. The maximum atomic E-state index is 12.0. The summed E-state index contributed by atoms with van der Waals surface area (Å²) in [6, 6.07) is 9.10. The highest BCUT2D eigenvalue weighted by atomic mass is 16.6. The minimum atomic E-state index is -0.570. The van der Waals surface area contributed by atoms with Crippen molar-refractivity contribution >= 4 is 12.4 Å². The number of carbonyl (C=O) groups is 2. The first-order valence-corrected chi connectivity index (χ1v) is 7.24. The van der Waals surface area contributed by atoms with Crippen LogP contribution in [0.5, 0.6) is 0 Å². The molecule has 4 nitrogen and oxygen atoms in total. The molecule has 0 aliphatic carbocycles. The van der Waals surface area contributed by atoms with Gasteiger partial charge in [0.25, 0.3) is 0 Å². The van der Waals surface area contributed by atoms with E-state index in [9.17, 15) is 9.59 Å². The van der Waals surface area contributed by atoms with Gasteiger partial charge >= 0.3 is 6.09 Å². The fourth-order valence-corrected chi connectivity index (χ4v) is 2.12. The van der Waals surface area contributed by atoms with Crippen LogP contribution in [0.3, 0.4) is 0 Å². The zero-order valence-corrected chi connectivity index (χ0v) is 13.4. The Morgan fingerprint density at radius 3 is 2.19 bits per heavy atom. The molecule has 4 heteroatoms. The van der Waals surface area contributed by atoms with Crippen LogP contribution in [-0.4, -0.2) is 18.0 Å². The van der Waals surface area contributed by atoms with E-state index in [0.717, 1.165) is 11.8 Å². The summed E-state index contributed by atoms with van der Waals surface area (Å²) in [7, 11) is 0. The number of hydrogen-bond donors (Lipinski definition) is 1. The van der Waals surface area contributed by atoms with E-state index in [2.05, 4.69) is 5.32 Å². The molecular weight excluding hydrogens is 266 g/mol. The lowest BCUT2D eigenvalue weighted by Gasteiger charge is -2.29. The van der Waals surface area contributed by atoms with Crippen LogP contribution in [0.25, 0.3) is 0 Å². The van der Waals surface area contributed by atoms with Crippen LogP contribution in [0.2, 0.25) is 0 Å². The highest BCUT2D eigenvalue weighted by Crippen LogP contribution is 2.27. The molecule has 0 heterocycles. The van der Waals surface area contributed by atoms with Crippen LogP contribution in [0.1, 0.15) is 46.2 Å². The lowest BCUT2D eigenvalue weighted by atomic mass is 9.85. The molecule has 21 heavy (non-hydrogen) atoms. The van der Waals surface area contributed by atoms with Gasteiger partial charge in [-0.1, -0.05) is 44.2 Å². The van der Waals surface area contributed by atoms with Crippen LogP contribution < -0.4 is 5.32 Å². The number of ether oxygens (including phenoxy) is 1. The van der Waals surface area contributed by atoms with Gasteiger partial charge in [0.1, 0.15) is 11.9 Å². The van der Waals surface area contributed by atoms with Crippen molar-refractivity contribution < 1.29 is 14.3 Å². The molecule has 0 aliphatic rings. The van der Waals surface area contributed by atoms with Crippen LogP contribution in [-0.2, 0) is 9.53 Å². The highest BCUT2D eigenvalue weighted by molar-refractivity contribution is 5.69. The van der Waals surface area contributed by atoms with Crippen molar-refractivity contribution in [2.24, 2.45) is 11.8 Å². The van der Waals surface area contributed by atoms with Gasteiger partial charge in [0.2, 0.25) is 0 Å². The van der Waals surface area contributed by atoms with Gasteiger partial charge in [-0.3, -0.25) is 0 Å². The molecule has 0 spiro atoms. The van der Waals surface area contributed by atoms with E-state index in [0.29, 0.717) is 0 Å². The van der Waals surface area contributed by atoms with Crippen molar-refractivity contribution in [3.05, 3.63) is 35.9 Å². The second-order valence-electron chi connectivity index (χ2n) is 6.49. The lowest BCUT2D eigenvalue weighted by molar-refractivity contribution is -0.113. The number of carbonyl (C=O) groups excluding carboxylic acids is 2. The van der Waals surface area contributed by atoms with Crippen molar-refractivity contribution in [2.45, 2.75) is 46.3 Å². The zero-order valence-electron chi connectivity index (χ0n) is 13.4. The first-order valence-electron chi connectivity index (χ1n) is 7.24. The monoisotopic (exact) mass is 291 g/mol. The zero-order chi connectivity index (χ0) is 16.0. The predicted molar refractivity (Wildman–Crippen MR) is 82.9 cm³/mol. The van der Waals surface area contributed by atoms with E-state index in [4.69, 9.17) is 4.74 Å². The molecule has 0 unspecified atom stereocenters. The summed E-state index contributed by atoms with van der Waals surface area (Å²) in [6.45, 7) is 9.36. The molecule has 1 amide bonds. The van der Waals surface area contributed by atoms with Gasteiger partial charge in [-0.25, -0.2) is 4.79 Å². The van der Waals surface area contributed by atoms with Crippen LogP contribution in [0.4, 0.5) is 4.79 Å². The number of nitrogens with one attached hydrogen (secondary N) is 1. The maximum Gasteiger partial charge on any atom is 0.408 e. The Morgan fingerprint density at radius 1 is 1.19 bits per heavy atom. The standard InChI is InChI=1S/C17H25NO3/c1-12(2)14(11-19)15(13-9-7-6-8-10-13)18-16(20)21-17(3,4)5/h6-12,14-15H,1-5H3,(H,18,20)/t14-,15-/m1/s1. The maximum absolute atomic E-state index is 12.0. The van der Waals surface area contributed by atoms with Gasteiger partial charge in [0.15, 0.2) is 0 Å². The summed E-state index contributed by atoms with van der Waals surface area (Å²) in [5.41, 5.74) is 0.328. The van der Waals surface area contributed by atoms with Crippen molar-refractivity contribution in [1.82, 2.24) is 5.32 Å². The summed E-state index contributed by atoms with van der Waals surface area (Å²) in [5.74, 6) is -0.192. The third-order valence-electron chi connectivity index (χ3n) is 3.14. The van der Waals surface area contributed by atoms with E-state index < -0.39 is 17.7 Å². The molecule has 2 atom stereocenters. The first kappa shape index (κ1) is 17.2. The average molecular weight is 291 g/mol. The smallest absolute Gasteiger partial charge is 0.408 e. The van der Waals surface area contributed by atoms with Crippen LogP contribution >= 0.6 is 0 Å². The molecule has 0 fully saturated rings. The minimum Gasteiger partial charge on any atom is -0.444 e. The van der Waals surface area contributed by atoms with Gasteiger partial charge in [-0.05, 0) is 32.3 Å². The second-order valence-corrected chi connectivity index (χ2v) is 6.49. The van der Waals surface area contributed by atoms with Gasteiger partial charge in [0.05, 0.1) is 6.04 Å². The SMILES string of the molecule is CC(C)[C@@H](C=O)[C@H](NC(=O)OC(C)(C)C)c1ccccc1. The Kier molecular flexibility index (Phi) is 5.94. The average Bonchev–Trinajstić information content (AvgIpc) is 2.37. The third-order valence-corrected chi connectivity index (χ3v) is 3.14. The summed E-state index contributed by atoms with van der Waals surface area (Å²) >= 11 is 0. The Morgan fingerprint density at radius 2 is 1.76 bits per heavy atom. The van der Waals surface area contributed by atoms with Gasteiger partial charge < -0.3 is 14.8 Å².